The normalized spacial score (nSPS) is 12.2. The summed E-state index contributed by atoms with van der Waals surface area (Å²) in [5.41, 5.74) is 5.05. The van der Waals surface area contributed by atoms with E-state index >= 15 is 0 Å². The molecule has 0 aliphatic heterocycles. The average Bonchev–Trinajstić information content (AvgIpc) is 2.45. The van der Waals surface area contributed by atoms with Gasteiger partial charge in [-0.3, -0.25) is 11.3 Å². The molecule has 0 amide bonds. The first-order valence-corrected chi connectivity index (χ1v) is 6.45. The molecule has 4 heteroatoms. The lowest BCUT2D eigenvalue weighted by Crippen LogP contribution is -2.29. The van der Waals surface area contributed by atoms with Crippen LogP contribution in [0.2, 0.25) is 5.02 Å². The van der Waals surface area contributed by atoms with E-state index in [1.54, 1.807) is 7.11 Å². The van der Waals surface area contributed by atoms with Gasteiger partial charge in [-0.1, -0.05) is 35.9 Å². The van der Waals surface area contributed by atoms with Crippen LogP contribution in [-0.4, -0.2) is 7.11 Å². The van der Waals surface area contributed by atoms with Crippen molar-refractivity contribution in [3.05, 3.63) is 64.7 Å². The molecule has 19 heavy (non-hydrogen) atoms. The maximum absolute atomic E-state index is 6.01. The number of ether oxygens (including phenoxy) is 1. The smallest absolute Gasteiger partial charge is 0.119 e. The van der Waals surface area contributed by atoms with Crippen LogP contribution >= 0.6 is 11.6 Å². The molecule has 0 aliphatic carbocycles. The van der Waals surface area contributed by atoms with E-state index in [0.717, 1.165) is 23.3 Å². The topological polar surface area (TPSA) is 47.3 Å². The minimum atomic E-state index is 0.0193. The summed E-state index contributed by atoms with van der Waals surface area (Å²) in [6.45, 7) is 0. The van der Waals surface area contributed by atoms with Crippen LogP contribution < -0.4 is 16.0 Å². The molecular weight excluding hydrogens is 260 g/mol. The highest BCUT2D eigenvalue weighted by Crippen LogP contribution is 2.22. The molecule has 1 atom stereocenters. The van der Waals surface area contributed by atoms with E-state index in [1.807, 2.05) is 42.5 Å². The number of hydrogen-bond donors (Lipinski definition) is 2. The number of nitrogens with one attached hydrogen (secondary N) is 1. The van der Waals surface area contributed by atoms with Gasteiger partial charge in [0.15, 0.2) is 0 Å². The number of halogens is 1. The minimum absolute atomic E-state index is 0.0193. The van der Waals surface area contributed by atoms with Gasteiger partial charge in [-0.25, -0.2) is 0 Å². The molecule has 0 aliphatic rings. The molecule has 1 unspecified atom stereocenters. The van der Waals surface area contributed by atoms with E-state index in [-0.39, 0.29) is 6.04 Å². The number of rotatable bonds is 5. The lowest BCUT2D eigenvalue weighted by molar-refractivity contribution is 0.414. The monoisotopic (exact) mass is 276 g/mol. The van der Waals surface area contributed by atoms with E-state index in [9.17, 15) is 0 Å². The Balaban J connectivity index is 2.18. The molecule has 2 rings (SSSR count). The molecule has 3 nitrogen and oxygen atoms in total. The molecule has 2 aromatic rings. The van der Waals surface area contributed by atoms with Gasteiger partial charge < -0.3 is 4.74 Å². The summed E-state index contributed by atoms with van der Waals surface area (Å²) < 4.78 is 5.22. The van der Waals surface area contributed by atoms with Gasteiger partial charge in [0, 0.05) is 5.02 Å². The second kappa shape index (κ2) is 6.57. The second-order valence-electron chi connectivity index (χ2n) is 4.33. The van der Waals surface area contributed by atoms with Crippen LogP contribution in [0.4, 0.5) is 0 Å². The third-order valence-corrected chi connectivity index (χ3v) is 3.26. The van der Waals surface area contributed by atoms with Gasteiger partial charge in [0.05, 0.1) is 13.2 Å². The minimum Gasteiger partial charge on any atom is -0.497 e. The van der Waals surface area contributed by atoms with Gasteiger partial charge in [-0.15, -0.1) is 0 Å². The SMILES string of the molecule is COc1cccc(CC(NN)c2cccc(Cl)c2)c1. The molecule has 2 aromatic carbocycles. The van der Waals surface area contributed by atoms with Crippen molar-refractivity contribution in [2.45, 2.75) is 12.5 Å². The summed E-state index contributed by atoms with van der Waals surface area (Å²) in [6, 6.07) is 15.7. The standard InChI is InChI=1S/C15H17ClN2O/c1-19-14-7-2-4-11(8-14)9-15(18-17)12-5-3-6-13(16)10-12/h2-8,10,15,18H,9,17H2,1H3. The molecule has 0 spiro atoms. The fourth-order valence-corrected chi connectivity index (χ4v) is 2.23. The highest BCUT2D eigenvalue weighted by Gasteiger charge is 2.11. The predicted molar refractivity (Wildman–Crippen MR) is 78.2 cm³/mol. The van der Waals surface area contributed by atoms with E-state index in [4.69, 9.17) is 22.2 Å². The zero-order chi connectivity index (χ0) is 13.7. The Morgan fingerprint density at radius 1 is 1.21 bits per heavy atom. The molecule has 100 valence electrons. The van der Waals surface area contributed by atoms with Crippen LogP contribution in [0.3, 0.4) is 0 Å². The van der Waals surface area contributed by atoms with Crippen molar-refractivity contribution in [2.24, 2.45) is 5.84 Å². The molecule has 0 aromatic heterocycles. The first-order chi connectivity index (χ1) is 9.22. The van der Waals surface area contributed by atoms with Crippen molar-refractivity contribution in [3.63, 3.8) is 0 Å². The molecule has 0 radical (unpaired) electrons. The number of methoxy groups -OCH3 is 1. The van der Waals surface area contributed by atoms with Crippen LogP contribution in [-0.2, 0) is 6.42 Å². The maximum Gasteiger partial charge on any atom is 0.119 e. The second-order valence-corrected chi connectivity index (χ2v) is 4.77. The van der Waals surface area contributed by atoms with Crippen molar-refractivity contribution in [3.8, 4) is 5.75 Å². The molecule has 3 N–H and O–H groups in total. The number of hydrazine groups is 1. The van der Waals surface area contributed by atoms with E-state index < -0.39 is 0 Å². The van der Waals surface area contributed by atoms with Gasteiger partial charge >= 0.3 is 0 Å². The number of hydrogen-bond acceptors (Lipinski definition) is 3. The molecule has 0 bridgehead atoms. The molecule has 0 saturated carbocycles. The van der Waals surface area contributed by atoms with Gasteiger partial charge in [0.25, 0.3) is 0 Å². The van der Waals surface area contributed by atoms with Crippen LogP contribution in [0.1, 0.15) is 17.2 Å². The molecule has 0 heterocycles. The summed E-state index contributed by atoms with van der Waals surface area (Å²) in [7, 11) is 1.66. The first kappa shape index (κ1) is 13.9. The lowest BCUT2D eigenvalue weighted by atomic mass is 9.99. The Morgan fingerprint density at radius 2 is 2.00 bits per heavy atom. The van der Waals surface area contributed by atoms with Gasteiger partial charge in [0.2, 0.25) is 0 Å². The van der Waals surface area contributed by atoms with Gasteiger partial charge in [-0.05, 0) is 41.8 Å². The Kier molecular flexibility index (Phi) is 4.80. The van der Waals surface area contributed by atoms with Crippen molar-refractivity contribution >= 4 is 11.6 Å². The van der Waals surface area contributed by atoms with Crippen LogP contribution in [0, 0.1) is 0 Å². The highest BCUT2D eigenvalue weighted by molar-refractivity contribution is 6.30. The Hall–Kier alpha value is -1.55. The highest BCUT2D eigenvalue weighted by atomic mass is 35.5. The van der Waals surface area contributed by atoms with Crippen molar-refractivity contribution in [1.82, 2.24) is 5.43 Å². The zero-order valence-corrected chi connectivity index (χ0v) is 11.5. The van der Waals surface area contributed by atoms with E-state index in [0.29, 0.717) is 5.02 Å². The van der Waals surface area contributed by atoms with Gasteiger partial charge in [0.1, 0.15) is 5.75 Å². The van der Waals surface area contributed by atoms with Crippen LogP contribution in [0.15, 0.2) is 48.5 Å². The summed E-state index contributed by atoms with van der Waals surface area (Å²) in [5.74, 6) is 6.50. The van der Waals surface area contributed by atoms with Crippen LogP contribution in [0.25, 0.3) is 0 Å². The maximum atomic E-state index is 6.01. The van der Waals surface area contributed by atoms with Gasteiger partial charge in [-0.2, -0.15) is 0 Å². The third-order valence-electron chi connectivity index (χ3n) is 3.03. The zero-order valence-electron chi connectivity index (χ0n) is 10.8. The van der Waals surface area contributed by atoms with Crippen molar-refractivity contribution in [1.29, 1.82) is 0 Å². The van der Waals surface area contributed by atoms with E-state index in [1.165, 1.54) is 0 Å². The quantitative estimate of drug-likeness (QED) is 0.652. The number of benzene rings is 2. The summed E-state index contributed by atoms with van der Waals surface area (Å²) >= 11 is 6.01. The summed E-state index contributed by atoms with van der Waals surface area (Å²) in [4.78, 5) is 0. The fourth-order valence-electron chi connectivity index (χ4n) is 2.03. The predicted octanol–water partition coefficient (Wildman–Crippen LogP) is 3.10. The Labute approximate surface area is 118 Å². The Bertz CT molecular complexity index is 545. The molecule has 0 fully saturated rings. The largest absolute Gasteiger partial charge is 0.497 e. The average molecular weight is 277 g/mol. The summed E-state index contributed by atoms with van der Waals surface area (Å²) in [5, 5.41) is 0.711. The third kappa shape index (κ3) is 3.70. The summed E-state index contributed by atoms with van der Waals surface area (Å²) in [6.07, 6.45) is 0.772. The fraction of sp³-hybridized carbons (Fsp3) is 0.200. The molecule has 0 saturated heterocycles. The Morgan fingerprint density at radius 3 is 2.68 bits per heavy atom. The van der Waals surface area contributed by atoms with Crippen molar-refractivity contribution < 1.29 is 4.74 Å². The lowest BCUT2D eigenvalue weighted by Gasteiger charge is -2.17. The van der Waals surface area contributed by atoms with Crippen molar-refractivity contribution in [2.75, 3.05) is 7.11 Å². The first-order valence-electron chi connectivity index (χ1n) is 6.07. The van der Waals surface area contributed by atoms with Crippen LogP contribution in [0.5, 0.6) is 5.75 Å². The number of nitrogens with two attached hydrogens (primary N) is 1. The molecular formula is C15H17ClN2O. The van der Waals surface area contributed by atoms with E-state index in [2.05, 4.69) is 11.5 Å².